The van der Waals surface area contributed by atoms with Gasteiger partial charge in [0.25, 0.3) is 5.91 Å². The molecule has 9 nitrogen and oxygen atoms in total. The third-order valence-corrected chi connectivity index (χ3v) is 6.33. The summed E-state index contributed by atoms with van der Waals surface area (Å²) in [5.41, 5.74) is 2.94. The van der Waals surface area contributed by atoms with Crippen molar-refractivity contribution in [2.75, 3.05) is 34.9 Å². The van der Waals surface area contributed by atoms with Crippen LogP contribution in [0.15, 0.2) is 50.9 Å². The topological polar surface area (TPSA) is 107 Å². The molecule has 0 aliphatic carbocycles. The molecule has 0 unspecified atom stereocenters. The van der Waals surface area contributed by atoms with Crippen LogP contribution < -0.4 is 19.6 Å². The second kappa shape index (κ2) is 10.4. The number of halogens is 1. The molecule has 0 bridgehead atoms. The minimum Gasteiger partial charge on any atom is -0.497 e. The number of nitrogens with one attached hydrogen (secondary N) is 1. The summed E-state index contributed by atoms with van der Waals surface area (Å²) in [5.74, 6) is 0.441. The molecule has 2 rings (SSSR count). The summed E-state index contributed by atoms with van der Waals surface area (Å²) in [6.07, 6.45) is 1.40. The normalized spacial score (nSPS) is 11.5. The van der Waals surface area contributed by atoms with Crippen LogP contribution in [0.25, 0.3) is 0 Å². The molecule has 1 N–H and O–H groups in total. The fraction of sp³-hybridized carbons (Fsp3) is 0.263. The molecule has 0 spiro atoms. The first-order valence-corrected chi connectivity index (χ1v) is 10.8. The molecule has 2 aromatic carbocycles. The van der Waals surface area contributed by atoms with Gasteiger partial charge < -0.3 is 14.2 Å². The SMILES string of the molecule is COc1ccc(OC)c(S(=O)(=O)N(C)CC(=O)NN=Cc2cc(Br)ccc2OC)c1. The minimum absolute atomic E-state index is 0.109. The quantitative estimate of drug-likeness (QED) is 0.418. The molecular weight excluding hydrogens is 478 g/mol. The van der Waals surface area contributed by atoms with Gasteiger partial charge in [-0.1, -0.05) is 15.9 Å². The Labute approximate surface area is 183 Å². The molecule has 162 valence electrons. The van der Waals surface area contributed by atoms with Gasteiger partial charge in [-0.25, -0.2) is 13.8 Å². The second-order valence-corrected chi connectivity index (χ2v) is 8.89. The largest absolute Gasteiger partial charge is 0.497 e. The summed E-state index contributed by atoms with van der Waals surface area (Å²) in [7, 11) is 1.58. The molecule has 0 radical (unpaired) electrons. The predicted octanol–water partition coefficient (Wildman–Crippen LogP) is 2.25. The number of amides is 1. The first-order chi connectivity index (χ1) is 14.2. The van der Waals surface area contributed by atoms with E-state index in [1.54, 1.807) is 24.3 Å². The van der Waals surface area contributed by atoms with Gasteiger partial charge in [0, 0.05) is 23.2 Å². The molecule has 11 heteroatoms. The average molecular weight is 500 g/mol. The van der Waals surface area contributed by atoms with Gasteiger partial charge in [-0.2, -0.15) is 9.41 Å². The number of carbonyl (C=O) groups excluding carboxylic acids is 1. The molecule has 30 heavy (non-hydrogen) atoms. The number of hydrogen-bond donors (Lipinski definition) is 1. The smallest absolute Gasteiger partial charge is 0.255 e. The third-order valence-electron chi connectivity index (χ3n) is 4.01. The van der Waals surface area contributed by atoms with Gasteiger partial charge in [0.1, 0.15) is 22.1 Å². The van der Waals surface area contributed by atoms with E-state index in [0.29, 0.717) is 17.1 Å². The Morgan fingerprint density at radius 1 is 1.10 bits per heavy atom. The summed E-state index contributed by atoms with van der Waals surface area (Å²) in [6.45, 7) is -0.449. The van der Waals surface area contributed by atoms with Gasteiger partial charge in [-0.15, -0.1) is 0 Å². The second-order valence-electron chi connectivity index (χ2n) is 5.96. The highest BCUT2D eigenvalue weighted by atomic mass is 79.9. The Hall–Kier alpha value is -2.63. The number of likely N-dealkylation sites (N-methyl/N-ethyl adjacent to an activating group) is 1. The van der Waals surface area contributed by atoms with Crippen molar-refractivity contribution in [2.24, 2.45) is 5.10 Å². The predicted molar refractivity (Wildman–Crippen MR) is 116 cm³/mol. The zero-order chi connectivity index (χ0) is 22.3. The van der Waals surface area contributed by atoms with E-state index >= 15 is 0 Å². The van der Waals surface area contributed by atoms with Crippen molar-refractivity contribution in [2.45, 2.75) is 4.90 Å². The van der Waals surface area contributed by atoms with Crippen LogP contribution in [0.5, 0.6) is 17.2 Å². The van der Waals surface area contributed by atoms with Gasteiger partial charge in [0.2, 0.25) is 10.0 Å². The monoisotopic (exact) mass is 499 g/mol. The van der Waals surface area contributed by atoms with E-state index in [1.165, 1.54) is 46.7 Å². The fourth-order valence-corrected chi connectivity index (χ4v) is 4.13. The number of ether oxygens (including phenoxy) is 3. The van der Waals surface area contributed by atoms with Crippen LogP contribution in [0.2, 0.25) is 0 Å². The Kier molecular flexibility index (Phi) is 8.21. The number of nitrogens with zero attached hydrogens (tertiary/aromatic N) is 2. The van der Waals surface area contributed by atoms with Crippen molar-refractivity contribution < 1.29 is 27.4 Å². The van der Waals surface area contributed by atoms with Crippen LogP contribution >= 0.6 is 15.9 Å². The average Bonchev–Trinajstić information content (AvgIpc) is 2.73. The van der Waals surface area contributed by atoms with E-state index in [0.717, 1.165) is 8.78 Å². The molecule has 0 aliphatic heterocycles. The summed E-state index contributed by atoms with van der Waals surface area (Å²) in [4.78, 5) is 12.1. The van der Waals surface area contributed by atoms with Crippen LogP contribution in [0.3, 0.4) is 0 Å². The van der Waals surface area contributed by atoms with Gasteiger partial charge in [0.05, 0.1) is 34.1 Å². The Balaban J connectivity index is 2.11. The lowest BCUT2D eigenvalue weighted by Gasteiger charge is -2.18. The molecule has 0 atom stereocenters. The van der Waals surface area contributed by atoms with Gasteiger partial charge >= 0.3 is 0 Å². The molecule has 0 saturated carbocycles. The molecule has 0 aliphatic rings. The van der Waals surface area contributed by atoms with E-state index in [9.17, 15) is 13.2 Å². The van der Waals surface area contributed by atoms with Crippen LogP contribution in [0, 0.1) is 0 Å². The molecule has 0 saturated heterocycles. The van der Waals surface area contributed by atoms with Crippen LogP contribution in [0.4, 0.5) is 0 Å². The summed E-state index contributed by atoms with van der Waals surface area (Å²) in [6, 6.07) is 9.71. The molecule has 0 heterocycles. The van der Waals surface area contributed by atoms with Crippen molar-refractivity contribution in [3.8, 4) is 17.2 Å². The number of rotatable bonds is 9. The highest BCUT2D eigenvalue weighted by molar-refractivity contribution is 9.10. The number of hydrogen-bond acceptors (Lipinski definition) is 7. The van der Waals surface area contributed by atoms with Gasteiger partial charge in [-0.05, 0) is 30.3 Å². The molecule has 0 aromatic heterocycles. The number of hydrazone groups is 1. The molecular formula is C19H22BrN3O6S. The van der Waals surface area contributed by atoms with Crippen LogP contribution in [0.1, 0.15) is 5.56 Å². The van der Waals surface area contributed by atoms with Crippen molar-refractivity contribution in [1.29, 1.82) is 0 Å². The van der Waals surface area contributed by atoms with Crippen LogP contribution in [-0.2, 0) is 14.8 Å². The highest BCUT2D eigenvalue weighted by Crippen LogP contribution is 2.30. The number of methoxy groups -OCH3 is 3. The van der Waals surface area contributed by atoms with E-state index in [-0.39, 0.29) is 10.6 Å². The van der Waals surface area contributed by atoms with Crippen molar-refractivity contribution in [3.63, 3.8) is 0 Å². The van der Waals surface area contributed by atoms with Crippen LogP contribution in [-0.4, -0.2) is 59.8 Å². The number of sulfonamides is 1. The zero-order valence-electron chi connectivity index (χ0n) is 16.9. The standard InChI is InChI=1S/C19H22BrN3O6S/c1-23(30(25,26)18-10-15(27-2)6-8-17(18)29-4)12-19(24)22-21-11-13-9-14(20)5-7-16(13)28-3/h5-11H,12H2,1-4H3,(H,22,24). The lowest BCUT2D eigenvalue weighted by atomic mass is 10.2. The van der Waals surface area contributed by atoms with Crippen molar-refractivity contribution in [3.05, 3.63) is 46.4 Å². The number of carbonyl (C=O) groups is 1. The first kappa shape index (κ1) is 23.6. The zero-order valence-corrected chi connectivity index (χ0v) is 19.3. The third kappa shape index (κ3) is 5.71. The lowest BCUT2D eigenvalue weighted by molar-refractivity contribution is -0.121. The molecule has 2 aromatic rings. The van der Waals surface area contributed by atoms with E-state index < -0.39 is 22.5 Å². The Morgan fingerprint density at radius 3 is 2.40 bits per heavy atom. The number of benzene rings is 2. The van der Waals surface area contributed by atoms with Gasteiger partial charge in [-0.3, -0.25) is 4.79 Å². The highest BCUT2D eigenvalue weighted by Gasteiger charge is 2.27. The van der Waals surface area contributed by atoms with Crippen molar-refractivity contribution in [1.82, 2.24) is 9.73 Å². The summed E-state index contributed by atoms with van der Waals surface area (Å²) < 4.78 is 42.9. The lowest BCUT2D eigenvalue weighted by Crippen LogP contribution is -2.36. The Bertz CT molecular complexity index is 1040. The van der Waals surface area contributed by atoms with E-state index in [1.807, 2.05) is 0 Å². The molecule has 1 amide bonds. The molecule has 0 fully saturated rings. The maximum absolute atomic E-state index is 12.9. The maximum atomic E-state index is 12.9. The van der Waals surface area contributed by atoms with E-state index in [2.05, 4.69) is 26.5 Å². The van der Waals surface area contributed by atoms with Crippen molar-refractivity contribution >= 4 is 38.1 Å². The summed E-state index contributed by atoms with van der Waals surface area (Å²) in [5, 5.41) is 3.87. The van der Waals surface area contributed by atoms with Gasteiger partial charge in [0.15, 0.2) is 0 Å². The first-order valence-electron chi connectivity index (χ1n) is 8.56. The van der Waals surface area contributed by atoms with E-state index in [4.69, 9.17) is 14.2 Å². The minimum atomic E-state index is -4.01. The summed E-state index contributed by atoms with van der Waals surface area (Å²) >= 11 is 3.35. The maximum Gasteiger partial charge on any atom is 0.255 e. The Morgan fingerprint density at radius 2 is 1.77 bits per heavy atom. The fourth-order valence-electron chi connectivity index (χ4n) is 2.46.